The van der Waals surface area contributed by atoms with Crippen LogP contribution in [0.25, 0.3) is 0 Å². The zero-order chi connectivity index (χ0) is 10.7. The van der Waals surface area contributed by atoms with E-state index in [1.54, 1.807) is 12.1 Å². The zero-order valence-electron chi connectivity index (χ0n) is 8.98. The molecule has 0 radical (unpaired) electrons. The first-order valence-electron chi connectivity index (χ1n) is 5.31. The Balaban J connectivity index is 0.00000128. The van der Waals surface area contributed by atoms with E-state index in [4.69, 9.17) is 5.11 Å². The van der Waals surface area contributed by atoms with Crippen LogP contribution in [0.1, 0.15) is 34.7 Å². The fourth-order valence-electron chi connectivity index (χ4n) is 2.06. The van der Waals surface area contributed by atoms with Gasteiger partial charge in [0.1, 0.15) is 0 Å². The van der Waals surface area contributed by atoms with Crippen LogP contribution in [0, 0.1) is 0 Å². The molecule has 1 atom stereocenters. The number of nitrogens with one attached hydrogen (secondary N) is 1. The molecule has 0 aromatic heterocycles. The Morgan fingerprint density at radius 2 is 2.25 bits per heavy atom. The number of carbonyl (C=O) groups is 1. The summed E-state index contributed by atoms with van der Waals surface area (Å²) >= 11 is 0. The van der Waals surface area contributed by atoms with Gasteiger partial charge in [-0.2, -0.15) is 0 Å². The van der Waals surface area contributed by atoms with Crippen molar-refractivity contribution in [1.82, 2.24) is 5.32 Å². The van der Waals surface area contributed by atoms with Gasteiger partial charge in [-0.1, -0.05) is 12.1 Å². The molecule has 1 heterocycles. The molecule has 0 amide bonds. The van der Waals surface area contributed by atoms with Gasteiger partial charge in [-0.05, 0) is 43.0 Å². The second-order valence-corrected chi connectivity index (χ2v) is 3.97. The first-order chi connectivity index (χ1) is 7.27. The first kappa shape index (κ1) is 13.0. The number of halogens is 1. The molecule has 1 fully saturated rings. The smallest absolute Gasteiger partial charge is 0.335 e. The summed E-state index contributed by atoms with van der Waals surface area (Å²) in [5.74, 6) is -0.376. The molecule has 1 aromatic rings. The molecule has 1 saturated heterocycles. The van der Waals surface area contributed by atoms with Gasteiger partial charge < -0.3 is 10.4 Å². The summed E-state index contributed by atoms with van der Waals surface area (Å²) in [7, 11) is 0. The number of carboxylic acid groups (broad SMARTS) is 1. The fraction of sp³-hybridized carbons (Fsp3) is 0.417. The number of rotatable bonds is 2. The molecule has 1 unspecified atom stereocenters. The third-order valence-corrected chi connectivity index (χ3v) is 2.90. The van der Waals surface area contributed by atoms with Crippen LogP contribution in [0.15, 0.2) is 24.3 Å². The Morgan fingerprint density at radius 1 is 1.44 bits per heavy atom. The summed E-state index contributed by atoms with van der Waals surface area (Å²) in [4.78, 5) is 10.8. The first-order valence-corrected chi connectivity index (χ1v) is 5.31. The van der Waals surface area contributed by atoms with Crippen LogP contribution in [0.3, 0.4) is 0 Å². The number of hydrogen-bond acceptors (Lipinski definition) is 2. The highest BCUT2D eigenvalue weighted by atomic mass is 35.5. The molecule has 0 bridgehead atoms. The van der Waals surface area contributed by atoms with Gasteiger partial charge in [-0.3, -0.25) is 0 Å². The average molecular weight is 242 g/mol. The number of benzene rings is 1. The van der Waals surface area contributed by atoms with Crippen LogP contribution >= 0.6 is 12.4 Å². The Morgan fingerprint density at radius 3 is 2.88 bits per heavy atom. The zero-order valence-corrected chi connectivity index (χ0v) is 9.80. The van der Waals surface area contributed by atoms with E-state index in [-0.39, 0.29) is 12.4 Å². The third-order valence-electron chi connectivity index (χ3n) is 2.90. The summed E-state index contributed by atoms with van der Waals surface area (Å²) in [5, 5.41) is 12.2. The second-order valence-electron chi connectivity index (χ2n) is 3.97. The second kappa shape index (κ2) is 5.87. The van der Waals surface area contributed by atoms with Crippen molar-refractivity contribution in [3.63, 3.8) is 0 Å². The van der Waals surface area contributed by atoms with E-state index >= 15 is 0 Å². The molecule has 1 aliphatic heterocycles. The topological polar surface area (TPSA) is 49.3 Å². The molecular formula is C12H16ClNO2. The van der Waals surface area contributed by atoms with Gasteiger partial charge in [0.2, 0.25) is 0 Å². The summed E-state index contributed by atoms with van der Waals surface area (Å²) in [5.41, 5.74) is 1.53. The van der Waals surface area contributed by atoms with Gasteiger partial charge in [0.05, 0.1) is 5.56 Å². The van der Waals surface area contributed by atoms with Gasteiger partial charge in [-0.25, -0.2) is 4.79 Å². The molecule has 2 N–H and O–H groups in total. The van der Waals surface area contributed by atoms with E-state index in [0.717, 1.165) is 25.1 Å². The van der Waals surface area contributed by atoms with E-state index in [2.05, 4.69) is 5.32 Å². The van der Waals surface area contributed by atoms with Crippen LogP contribution in [-0.2, 0) is 0 Å². The van der Waals surface area contributed by atoms with Gasteiger partial charge in [-0.15, -0.1) is 12.4 Å². The molecule has 16 heavy (non-hydrogen) atoms. The minimum absolute atomic E-state index is 0. The van der Waals surface area contributed by atoms with Gasteiger partial charge >= 0.3 is 5.97 Å². The van der Waals surface area contributed by atoms with Crippen molar-refractivity contribution < 1.29 is 9.90 Å². The van der Waals surface area contributed by atoms with Crippen molar-refractivity contribution in [3.05, 3.63) is 35.4 Å². The lowest BCUT2D eigenvalue weighted by Crippen LogP contribution is -2.28. The number of aromatic carboxylic acids is 1. The minimum atomic E-state index is -0.847. The Hall–Kier alpha value is -1.06. The van der Waals surface area contributed by atoms with Gasteiger partial charge in [0, 0.05) is 6.54 Å². The SMILES string of the molecule is Cl.O=C(O)c1cccc(C2CCCNC2)c1. The highest BCUT2D eigenvalue weighted by molar-refractivity contribution is 5.87. The van der Waals surface area contributed by atoms with Crippen molar-refractivity contribution in [2.75, 3.05) is 13.1 Å². The molecule has 2 rings (SSSR count). The van der Waals surface area contributed by atoms with Crippen LogP contribution in [-0.4, -0.2) is 24.2 Å². The van der Waals surface area contributed by atoms with Crippen LogP contribution in [0.4, 0.5) is 0 Å². The lowest BCUT2D eigenvalue weighted by molar-refractivity contribution is 0.0696. The molecule has 1 aromatic carbocycles. The van der Waals surface area contributed by atoms with E-state index in [1.807, 2.05) is 12.1 Å². The predicted molar refractivity (Wildman–Crippen MR) is 65.5 cm³/mol. The van der Waals surface area contributed by atoms with Gasteiger partial charge in [0.15, 0.2) is 0 Å². The van der Waals surface area contributed by atoms with E-state index in [9.17, 15) is 4.79 Å². The van der Waals surface area contributed by atoms with Crippen LogP contribution in [0.5, 0.6) is 0 Å². The highest BCUT2D eigenvalue weighted by Gasteiger charge is 2.15. The molecule has 0 aliphatic carbocycles. The third kappa shape index (κ3) is 2.97. The van der Waals surface area contributed by atoms with E-state index in [0.29, 0.717) is 11.5 Å². The minimum Gasteiger partial charge on any atom is -0.478 e. The molecule has 0 spiro atoms. The quantitative estimate of drug-likeness (QED) is 0.835. The summed E-state index contributed by atoms with van der Waals surface area (Å²) < 4.78 is 0. The molecule has 0 saturated carbocycles. The Labute approximate surface area is 101 Å². The maximum absolute atomic E-state index is 10.8. The molecule has 1 aliphatic rings. The summed E-state index contributed by atoms with van der Waals surface area (Å²) in [6, 6.07) is 7.28. The van der Waals surface area contributed by atoms with E-state index < -0.39 is 5.97 Å². The van der Waals surface area contributed by atoms with E-state index in [1.165, 1.54) is 6.42 Å². The van der Waals surface area contributed by atoms with Crippen molar-refractivity contribution >= 4 is 18.4 Å². The normalized spacial score (nSPS) is 19.9. The maximum atomic E-state index is 10.8. The lowest BCUT2D eigenvalue weighted by atomic mass is 9.91. The van der Waals surface area contributed by atoms with Crippen molar-refractivity contribution in [1.29, 1.82) is 0 Å². The van der Waals surface area contributed by atoms with Crippen LogP contribution in [0.2, 0.25) is 0 Å². The van der Waals surface area contributed by atoms with Crippen molar-refractivity contribution in [2.24, 2.45) is 0 Å². The summed E-state index contributed by atoms with van der Waals surface area (Å²) in [6.45, 7) is 2.04. The Bertz CT molecular complexity index is 362. The van der Waals surface area contributed by atoms with Crippen LogP contribution < -0.4 is 5.32 Å². The number of hydrogen-bond donors (Lipinski definition) is 2. The number of piperidine rings is 1. The lowest BCUT2D eigenvalue weighted by Gasteiger charge is -2.23. The predicted octanol–water partition coefficient (Wildman–Crippen LogP) is 2.27. The Kier molecular flexibility index (Phi) is 4.77. The molecular weight excluding hydrogens is 226 g/mol. The van der Waals surface area contributed by atoms with Crippen molar-refractivity contribution in [2.45, 2.75) is 18.8 Å². The molecule has 3 nitrogen and oxygen atoms in total. The summed E-state index contributed by atoms with van der Waals surface area (Å²) in [6.07, 6.45) is 2.32. The standard InChI is InChI=1S/C12H15NO2.ClH/c14-12(15)10-4-1-3-9(7-10)11-5-2-6-13-8-11;/h1,3-4,7,11,13H,2,5-6,8H2,(H,14,15);1H. The molecule has 88 valence electrons. The van der Waals surface area contributed by atoms with Crippen molar-refractivity contribution in [3.8, 4) is 0 Å². The van der Waals surface area contributed by atoms with Gasteiger partial charge in [0.25, 0.3) is 0 Å². The largest absolute Gasteiger partial charge is 0.478 e. The maximum Gasteiger partial charge on any atom is 0.335 e. The average Bonchev–Trinajstić information content (AvgIpc) is 2.30. The monoisotopic (exact) mass is 241 g/mol. The fourth-order valence-corrected chi connectivity index (χ4v) is 2.06. The molecule has 4 heteroatoms. The number of carboxylic acids is 1. The highest BCUT2D eigenvalue weighted by Crippen LogP contribution is 2.23.